The van der Waals surface area contributed by atoms with Crippen LogP contribution in [0.3, 0.4) is 0 Å². The predicted octanol–water partition coefficient (Wildman–Crippen LogP) is 0.406. The number of carbonyl (C=O) groups excluding carboxylic acids is 1. The second-order valence-electron chi connectivity index (χ2n) is 4.40. The number of benzene rings is 1. The van der Waals surface area contributed by atoms with E-state index < -0.39 is 0 Å². The van der Waals surface area contributed by atoms with Crippen molar-refractivity contribution < 1.29 is 14.7 Å². The summed E-state index contributed by atoms with van der Waals surface area (Å²) in [6.45, 7) is 3.73. The van der Waals surface area contributed by atoms with Crippen LogP contribution >= 0.6 is 0 Å². The van der Waals surface area contributed by atoms with Gasteiger partial charge in [-0.3, -0.25) is 4.79 Å². The van der Waals surface area contributed by atoms with Crippen LogP contribution in [0.25, 0.3) is 0 Å². The normalized spacial score (nSPS) is 11.2. The highest BCUT2D eigenvalue weighted by Crippen LogP contribution is 2.19. The molecule has 0 bridgehead atoms. The number of nitrogens with zero attached hydrogens (tertiary/aromatic N) is 1. The quantitative estimate of drug-likeness (QED) is 0.182. The fraction of sp³-hybridized carbons (Fsp3) is 0.429. The highest BCUT2D eigenvalue weighted by Gasteiger charge is 2.08. The van der Waals surface area contributed by atoms with Crippen molar-refractivity contribution in [2.24, 2.45) is 10.9 Å². The smallest absolute Gasteiger partial charge is 0.221 e. The lowest BCUT2D eigenvalue weighted by Gasteiger charge is -2.10. The van der Waals surface area contributed by atoms with Gasteiger partial charge in [0.25, 0.3) is 0 Å². The third kappa shape index (κ3) is 5.31. The summed E-state index contributed by atoms with van der Waals surface area (Å²) in [4.78, 5) is 11.3. The van der Waals surface area contributed by atoms with Gasteiger partial charge in [0, 0.05) is 26.1 Å². The van der Waals surface area contributed by atoms with Crippen molar-refractivity contribution in [3.8, 4) is 5.75 Å². The van der Waals surface area contributed by atoms with Gasteiger partial charge in [0.05, 0.1) is 12.7 Å². The van der Waals surface area contributed by atoms with Crippen LogP contribution in [0.4, 0.5) is 0 Å². The molecule has 0 atom stereocenters. The third-order valence-corrected chi connectivity index (χ3v) is 2.88. The van der Waals surface area contributed by atoms with Crippen molar-refractivity contribution >= 4 is 11.7 Å². The number of methoxy groups -OCH3 is 1. The molecule has 0 radical (unpaired) electrons. The number of oxime groups is 1. The molecule has 0 aliphatic rings. The first-order valence-corrected chi connectivity index (χ1v) is 6.74. The summed E-state index contributed by atoms with van der Waals surface area (Å²) in [7, 11) is 1.52. The first-order valence-electron chi connectivity index (χ1n) is 6.74. The minimum Gasteiger partial charge on any atom is -0.496 e. The molecular formula is C14H22N4O3. The largest absolute Gasteiger partial charge is 0.496 e. The van der Waals surface area contributed by atoms with Crippen molar-refractivity contribution in [3.05, 3.63) is 29.3 Å². The fourth-order valence-corrected chi connectivity index (χ4v) is 1.83. The van der Waals surface area contributed by atoms with E-state index in [0.717, 1.165) is 5.56 Å². The highest BCUT2D eigenvalue weighted by molar-refractivity contribution is 5.99. The molecule has 0 spiro atoms. The number of nitrogens with two attached hydrogens (primary N) is 1. The lowest BCUT2D eigenvalue weighted by atomic mass is 10.1. The van der Waals surface area contributed by atoms with Crippen LogP contribution in [-0.2, 0) is 11.3 Å². The van der Waals surface area contributed by atoms with Crippen molar-refractivity contribution in [1.29, 1.82) is 0 Å². The molecule has 0 saturated heterocycles. The lowest BCUT2D eigenvalue weighted by Crippen LogP contribution is -2.27. The summed E-state index contributed by atoms with van der Waals surface area (Å²) in [6.07, 6.45) is 0.438. The zero-order chi connectivity index (χ0) is 15.7. The summed E-state index contributed by atoms with van der Waals surface area (Å²) in [6, 6.07) is 5.40. The standard InChI is InChI=1S/C14H22N4O3/c1-3-17-13(19)6-7-16-9-10-4-5-11(14(15)18-20)12(8-10)21-2/h4-5,8,16,20H,3,6-7,9H2,1-2H3,(H2,15,18)(H,17,19). The Kier molecular flexibility index (Phi) is 7.03. The maximum Gasteiger partial charge on any atom is 0.221 e. The minimum atomic E-state index is 0.00240. The van der Waals surface area contributed by atoms with Gasteiger partial charge in [0.2, 0.25) is 5.91 Å². The SMILES string of the molecule is CCNC(=O)CCNCc1ccc(/C(N)=N/O)c(OC)c1. The average molecular weight is 294 g/mol. The van der Waals surface area contributed by atoms with Crippen LogP contribution in [0.15, 0.2) is 23.4 Å². The second-order valence-corrected chi connectivity index (χ2v) is 4.40. The fourth-order valence-electron chi connectivity index (χ4n) is 1.83. The van der Waals surface area contributed by atoms with E-state index in [9.17, 15) is 4.79 Å². The van der Waals surface area contributed by atoms with Gasteiger partial charge in [0.1, 0.15) is 5.75 Å². The molecule has 0 fully saturated rings. The van der Waals surface area contributed by atoms with Crippen molar-refractivity contribution in [3.63, 3.8) is 0 Å². The number of ether oxygens (including phenoxy) is 1. The first-order chi connectivity index (χ1) is 10.1. The van der Waals surface area contributed by atoms with Crippen molar-refractivity contribution in [1.82, 2.24) is 10.6 Å². The van der Waals surface area contributed by atoms with Crippen LogP contribution in [0.5, 0.6) is 5.75 Å². The van der Waals surface area contributed by atoms with Crippen molar-refractivity contribution in [2.45, 2.75) is 19.9 Å². The molecular weight excluding hydrogens is 272 g/mol. The Morgan fingerprint density at radius 1 is 1.48 bits per heavy atom. The Labute approximate surface area is 124 Å². The molecule has 0 heterocycles. The molecule has 1 amide bonds. The molecule has 0 aliphatic heterocycles. The Hall–Kier alpha value is -2.28. The zero-order valence-electron chi connectivity index (χ0n) is 12.3. The Morgan fingerprint density at radius 2 is 2.24 bits per heavy atom. The number of amides is 1. The average Bonchev–Trinajstić information content (AvgIpc) is 2.50. The molecule has 0 aliphatic carbocycles. The number of amidine groups is 1. The molecule has 7 nitrogen and oxygen atoms in total. The summed E-state index contributed by atoms with van der Waals surface area (Å²) < 4.78 is 5.22. The van der Waals surface area contributed by atoms with Gasteiger partial charge in [-0.25, -0.2) is 0 Å². The van der Waals surface area contributed by atoms with Gasteiger partial charge in [-0.05, 0) is 24.6 Å². The van der Waals surface area contributed by atoms with Crippen LogP contribution in [0.2, 0.25) is 0 Å². The summed E-state index contributed by atoms with van der Waals surface area (Å²) in [5.74, 6) is 0.570. The van der Waals surface area contributed by atoms with Gasteiger partial charge in [-0.15, -0.1) is 0 Å². The van der Waals surface area contributed by atoms with Crippen LogP contribution in [0.1, 0.15) is 24.5 Å². The molecule has 0 aromatic heterocycles. The minimum absolute atomic E-state index is 0.00240. The zero-order valence-corrected chi connectivity index (χ0v) is 12.3. The van der Waals surface area contributed by atoms with E-state index in [1.54, 1.807) is 6.07 Å². The lowest BCUT2D eigenvalue weighted by molar-refractivity contribution is -0.120. The van der Waals surface area contributed by atoms with E-state index in [4.69, 9.17) is 15.7 Å². The van der Waals surface area contributed by atoms with E-state index in [0.29, 0.717) is 37.4 Å². The predicted molar refractivity (Wildman–Crippen MR) is 80.5 cm³/mol. The van der Waals surface area contributed by atoms with Crippen LogP contribution < -0.4 is 21.1 Å². The Bertz CT molecular complexity index is 503. The maximum atomic E-state index is 11.3. The number of hydrogen-bond acceptors (Lipinski definition) is 5. The molecule has 0 unspecified atom stereocenters. The van der Waals surface area contributed by atoms with E-state index in [2.05, 4.69) is 15.8 Å². The number of rotatable bonds is 8. The van der Waals surface area contributed by atoms with E-state index >= 15 is 0 Å². The Morgan fingerprint density at radius 3 is 2.86 bits per heavy atom. The van der Waals surface area contributed by atoms with Gasteiger partial charge in [-0.2, -0.15) is 0 Å². The topological polar surface area (TPSA) is 109 Å². The second kappa shape index (κ2) is 8.80. The summed E-state index contributed by atoms with van der Waals surface area (Å²) >= 11 is 0. The van der Waals surface area contributed by atoms with E-state index in [-0.39, 0.29) is 11.7 Å². The van der Waals surface area contributed by atoms with Gasteiger partial charge >= 0.3 is 0 Å². The van der Waals surface area contributed by atoms with Gasteiger partial charge in [-0.1, -0.05) is 11.2 Å². The van der Waals surface area contributed by atoms with Gasteiger partial charge < -0.3 is 26.3 Å². The monoisotopic (exact) mass is 294 g/mol. The molecule has 7 heteroatoms. The highest BCUT2D eigenvalue weighted by atomic mass is 16.5. The summed E-state index contributed by atoms with van der Waals surface area (Å²) in [5.41, 5.74) is 7.08. The molecule has 1 rings (SSSR count). The molecule has 1 aromatic rings. The van der Waals surface area contributed by atoms with E-state index in [1.807, 2.05) is 19.1 Å². The number of hydrogen-bond donors (Lipinski definition) is 4. The van der Waals surface area contributed by atoms with Crippen molar-refractivity contribution in [2.75, 3.05) is 20.2 Å². The molecule has 1 aromatic carbocycles. The van der Waals surface area contributed by atoms with E-state index in [1.165, 1.54) is 7.11 Å². The Balaban J connectivity index is 2.55. The number of carbonyl (C=O) groups is 1. The maximum absolute atomic E-state index is 11.3. The summed E-state index contributed by atoms with van der Waals surface area (Å²) in [5, 5.41) is 17.6. The molecule has 116 valence electrons. The van der Waals surface area contributed by atoms with Gasteiger partial charge in [0.15, 0.2) is 5.84 Å². The van der Waals surface area contributed by atoms with Crippen LogP contribution in [0, 0.1) is 0 Å². The number of nitrogens with one attached hydrogen (secondary N) is 2. The first kappa shape index (κ1) is 16.8. The molecule has 5 N–H and O–H groups in total. The third-order valence-electron chi connectivity index (χ3n) is 2.88. The van der Waals surface area contributed by atoms with Crippen LogP contribution in [-0.4, -0.2) is 37.1 Å². The molecule has 0 saturated carbocycles. The molecule has 21 heavy (non-hydrogen) atoms.